The Morgan fingerprint density at radius 3 is 2.30 bits per heavy atom. The van der Waals surface area contributed by atoms with Gasteiger partial charge in [0.05, 0.1) is 43.7 Å². The van der Waals surface area contributed by atoms with Crippen molar-refractivity contribution in [3.8, 4) is 0 Å². The van der Waals surface area contributed by atoms with Gasteiger partial charge in [0.15, 0.2) is 0 Å². The molecule has 3 aliphatic heterocycles. The molecule has 362 valence electrons. The van der Waals surface area contributed by atoms with Gasteiger partial charge in [0, 0.05) is 70.4 Å². The predicted octanol–water partition coefficient (Wildman–Crippen LogP) is 4.57. The van der Waals surface area contributed by atoms with E-state index in [2.05, 4.69) is 11.9 Å². The highest BCUT2D eigenvalue weighted by molar-refractivity contribution is 6.39. The van der Waals surface area contributed by atoms with Crippen molar-refractivity contribution in [3.05, 3.63) is 35.6 Å². The number of carbonyl (C=O) groups excluding carboxylic acids is 4. The number of rotatable bonds is 11. The van der Waals surface area contributed by atoms with Crippen LogP contribution in [0.25, 0.3) is 0 Å². The molecule has 16 heteroatoms. The Morgan fingerprint density at radius 2 is 1.66 bits per heavy atom. The van der Waals surface area contributed by atoms with Gasteiger partial charge in [-0.1, -0.05) is 45.1 Å². The highest BCUT2D eigenvalue weighted by atomic mass is 16.7. The first-order valence-corrected chi connectivity index (χ1v) is 23.1. The summed E-state index contributed by atoms with van der Waals surface area (Å²) in [5.41, 5.74) is 2.22. The lowest BCUT2D eigenvalue weighted by atomic mass is 9.81. The predicted molar refractivity (Wildman–Crippen MR) is 239 cm³/mol. The second kappa shape index (κ2) is 24.4. The van der Waals surface area contributed by atoms with Crippen LogP contribution in [0.2, 0.25) is 0 Å². The number of hydrogen-bond acceptors (Lipinski definition) is 14. The Hall–Kier alpha value is -3.35. The van der Waals surface area contributed by atoms with Gasteiger partial charge in [-0.25, -0.2) is 4.79 Å². The fourth-order valence-corrected chi connectivity index (χ4v) is 10.2. The zero-order valence-corrected chi connectivity index (χ0v) is 39.6. The molecule has 2 saturated heterocycles. The molecule has 2 bridgehead atoms. The number of carbonyl (C=O) groups is 4. The van der Waals surface area contributed by atoms with E-state index in [4.69, 9.17) is 28.4 Å². The number of hydrogen-bond donors (Lipinski definition) is 5. The number of methoxy groups -OCH3 is 3. The first-order chi connectivity index (χ1) is 30.3. The number of piperidine rings is 1. The van der Waals surface area contributed by atoms with E-state index in [0.29, 0.717) is 49.8 Å². The molecule has 0 aromatic rings. The molecular weight excluding hydrogens is 827 g/mol. The summed E-state index contributed by atoms with van der Waals surface area (Å²) >= 11 is 0. The highest BCUT2D eigenvalue weighted by Gasteiger charge is 2.56. The number of nitrogens with zero attached hydrogens (tertiary/aromatic N) is 1. The second-order valence-corrected chi connectivity index (χ2v) is 18.9. The number of fused-ring (bicyclic) bond motifs is 3. The Balaban J connectivity index is 1.79. The smallest absolute Gasteiger partial charge is 0.329 e. The Morgan fingerprint density at radius 1 is 0.984 bits per heavy atom. The summed E-state index contributed by atoms with van der Waals surface area (Å²) in [5, 5.41) is 45.6. The Labute approximate surface area is 380 Å². The summed E-state index contributed by atoms with van der Waals surface area (Å²) in [6.07, 6.45) is 3.83. The average molecular weight is 904 g/mol. The maximum atomic E-state index is 14.5. The van der Waals surface area contributed by atoms with Gasteiger partial charge in [0.1, 0.15) is 18.2 Å². The number of Topliss-reactive ketones (excluding diaryl/α,β-unsaturated/α-hetero) is 1. The van der Waals surface area contributed by atoms with Gasteiger partial charge >= 0.3 is 5.97 Å². The number of aliphatic hydroxyl groups excluding tert-OH is 2. The van der Waals surface area contributed by atoms with Crippen LogP contribution in [0.3, 0.4) is 0 Å². The van der Waals surface area contributed by atoms with E-state index in [-0.39, 0.29) is 81.1 Å². The highest BCUT2D eigenvalue weighted by Crippen LogP contribution is 2.39. The minimum absolute atomic E-state index is 0.00655. The number of amides is 2. The van der Waals surface area contributed by atoms with E-state index < -0.39 is 77.8 Å². The molecule has 0 aromatic heterocycles. The zero-order valence-electron chi connectivity index (χ0n) is 39.6. The molecule has 14 atom stereocenters. The van der Waals surface area contributed by atoms with Gasteiger partial charge in [-0.05, 0) is 95.5 Å². The van der Waals surface area contributed by atoms with Crippen LogP contribution in [0.1, 0.15) is 112 Å². The fraction of sp³-hybridized carbons (Fsp3) is 0.771. The van der Waals surface area contributed by atoms with Crippen molar-refractivity contribution >= 4 is 29.3 Å². The topological polar surface area (TPSA) is 223 Å². The first-order valence-electron chi connectivity index (χ1n) is 23.1. The number of esters is 1. The van der Waals surface area contributed by atoms with Crippen LogP contribution in [-0.2, 0) is 47.6 Å². The van der Waals surface area contributed by atoms with E-state index in [1.54, 1.807) is 21.0 Å². The number of ketones is 1. The number of allylic oxidation sites excluding steroid dienone is 4. The zero-order chi connectivity index (χ0) is 47.5. The maximum Gasteiger partial charge on any atom is 0.329 e. The van der Waals surface area contributed by atoms with Gasteiger partial charge in [0.2, 0.25) is 11.7 Å². The molecule has 64 heavy (non-hydrogen) atoms. The third-order valence-electron chi connectivity index (χ3n) is 13.7. The van der Waals surface area contributed by atoms with Gasteiger partial charge in [-0.3, -0.25) is 14.4 Å². The van der Waals surface area contributed by atoms with E-state index >= 15 is 0 Å². The summed E-state index contributed by atoms with van der Waals surface area (Å²) in [7, 11) is 4.66. The van der Waals surface area contributed by atoms with Crippen LogP contribution in [0.5, 0.6) is 0 Å². The van der Waals surface area contributed by atoms with E-state index in [9.17, 15) is 39.9 Å². The quantitative estimate of drug-likeness (QED) is 0.109. The van der Waals surface area contributed by atoms with Crippen molar-refractivity contribution in [2.45, 2.75) is 167 Å². The van der Waals surface area contributed by atoms with Gasteiger partial charge < -0.3 is 59.4 Å². The number of nitrogens with one attached hydrogen (secondary N) is 2. The lowest BCUT2D eigenvalue weighted by Gasteiger charge is -2.47. The first kappa shape index (κ1) is 53.3. The van der Waals surface area contributed by atoms with Crippen molar-refractivity contribution < 1.29 is 62.9 Å². The normalized spacial score (nSPS) is 37.7. The second-order valence-electron chi connectivity index (χ2n) is 18.9. The molecule has 0 spiro atoms. The summed E-state index contributed by atoms with van der Waals surface area (Å²) in [6, 6.07) is -1.16. The summed E-state index contributed by atoms with van der Waals surface area (Å²) in [4.78, 5) is 56.4. The van der Waals surface area contributed by atoms with E-state index in [0.717, 1.165) is 12.0 Å². The lowest BCUT2D eigenvalue weighted by Crippen LogP contribution is -2.64. The largest absolute Gasteiger partial charge is 0.456 e. The molecule has 1 saturated carbocycles. The minimum atomic E-state index is -2.54. The lowest BCUT2D eigenvalue weighted by molar-refractivity contribution is -0.302. The molecule has 0 aromatic carbocycles. The van der Waals surface area contributed by atoms with E-state index in [1.165, 1.54) is 26.0 Å². The molecule has 5 N–H and O–H groups in total. The van der Waals surface area contributed by atoms with Gasteiger partial charge in [-0.2, -0.15) is 0 Å². The third kappa shape index (κ3) is 13.6. The van der Waals surface area contributed by atoms with Crippen LogP contribution < -0.4 is 5.32 Å². The third-order valence-corrected chi connectivity index (χ3v) is 13.7. The standard InChI is InChI=1S/C48H77N3O13/c1-27-19-28(2)21-41(60-9)44-42(61-10)23-30(4)48(58,64-44)45(55)46(56)51-16-12-11-13-37(51)47(57)63-43(29(3)22-34-14-15-39(62-18-17-52)40(25-34)59-8)32(6)38(54)26-36(49)35(20-27)24-31(5)50-33(7)53/h20,22,28,30,32,34-35,37-44,49,52,54,58H,5,11-19,21,23-26H2,1-4,6-10H3,(H,50,53)/b27-20+,29-22+,49-36?/t28-,30+,32+,34-,35-,37-,38-,39+,40+,41-,42-,43+,44+,48+/m0/s1. The molecule has 3 fully saturated rings. The van der Waals surface area contributed by atoms with Crippen molar-refractivity contribution in [1.29, 1.82) is 5.41 Å². The van der Waals surface area contributed by atoms with Crippen molar-refractivity contribution in [1.82, 2.24) is 10.2 Å². The van der Waals surface area contributed by atoms with Crippen LogP contribution >= 0.6 is 0 Å². The summed E-state index contributed by atoms with van der Waals surface area (Å²) in [5.74, 6) is -8.00. The van der Waals surface area contributed by atoms with Crippen LogP contribution in [0.4, 0.5) is 0 Å². The Kier molecular flexibility index (Phi) is 20.3. The fourth-order valence-electron chi connectivity index (χ4n) is 10.2. The number of cyclic esters (lactones) is 1. The minimum Gasteiger partial charge on any atom is -0.456 e. The molecule has 0 unspecified atom stereocenters. The van der Waals surface area contributed by atoms with Crippen molar-refractivity contribution in [2.75, 3.05) is 41.1 Å². The van der Waals surface area contributed by atoms with Gasteiger partial charge in [-0.15, -0.1) is 0 Å². The van der Waals surface area contributed by atoms with Crippen molar-refractivity contribution in [2.24, 2.45) is 29.6 Å². The summed E-state index contributed by atoms with van der Waals surface area (Å²) in [6.45, 7) is 14.8. The van der Waals surface area contributed by atoms with Crippen LogP contribution in [0.15, 0.2) is 35.6 Å². The maximum absolute atomic E-state index is 14.5. The molecule has 1 aliphatic carbocycles. The average Bonchev–Trinajstić information content (AvgIpc) is 3.25. The van der Waals surface area contributed by atoms with E-state index in [1.807, 2.05) is 32.9 Å². The molecule has 16 nitrogen and oxygen atoms in total. The molecule has 4 aliphatic rings. The van der Waals surface area contributed by atoms with Crippen molar-refractivity contribution in [3.63, 3.8) is 0 Å². The molecular formula is C48H77N3O13. The summed E-state index contributed by atoms with van der Waals surface area (Å²) < 4.78 is 36.1. The van der Waals surface area contributed by atoms with Crippen LogP contribution in [-0.4, -0.2) is 145 Å². The Bertz CT molecular complexity index is 1700. The van der Waals surface area contributed by atoms with Gasteiger partial charge in [0.25, 0.3) is 11.7 Å². The molecule has 3 heterocycles. The molecule has 2 amide bonds. The number of ether oxygens (including phenoxy) is 6. The monoisotopic (exact) mass is 904 g/mol. The van der Waals surface area contributed by atoms with Crippen LogP contribution in [0, 0.1) is 35.0 Å². The molecule has 0 radical (unpaired) electrons. The number of aliphatic hydroxyl groups is 3. The SMILES string of the molecule is C=C(C[C@@H]1/C=C(\C)C[C@H](C)C[C@H](OC)[C@H]2O[C@@](O)(C(=O)C(=O)N3CCCC[C@H]3C(=O)O[C@H](/C(C)=C/[C@@H]3CC[C@@H](OCCO)[C@H](OC)C3)[C@H](C)[C@@H](O)CC1=N)[C@H](C)C[C@@H]2OC)NC(C)=O. The molecule has 4 rings (SSSR count).